The number of aliphatic hydroxyl groups excluding tert-OH is 1. The van der Waals surface area contributed by atoms with Crippen LogP contribution in [0.15, 0.2) is 12.1 Å². The quantitative estimate of drug-likeness (QED) is 0.723. The van der Waals surface area contributed by atoms with Crippen molar-refractivity contribution in [3.63, 3.8) is 0 Å². The summed E-state index contributed by atoms with van der Waals surface area (Å²) in [5.41, 5.74) is 0.303. The molecule has 18 heavy (non-hydrogen) atoms. The first kappa shape index (κ1) is 14.4. The molecule has 0 saturated carbocycles. The Hall–Kier alpha value is -1.71. The number of nitrogens with one attached hydrogen (secondary N) is 1. The van der Waals surface area contributed by atoms with E-state index in [2.05, 4.69) is 13.7 Å². The molecule has 1 aliphatic rings. The van der Waals surface area contributed by atoms with Crippen LogP contribution in [0.3, 0.4) is 0 Å². The molecular formula is C9H13NO7S. The Morgan fingerprint density at radius 3 is 2.50 bits per heavy atom. The summed E-state index contributed by atoms with van der Waals surface area (Å²) >= 11 is 0. The van der Waals surface area contributed by atoms with E-state index in [1.54, 1.807) is 0 Å². The highest BCUT2D eigenvalue weighted by Gasteiger charge is 2.34. The third kappa shape index (κ3) is 2.58. The Morgan fingerprint density at radius 1 is 1.33 bits per heavy atom. The molecule has 1 aromatic carbocycles. The monoisotopic (exact) mass is 279 g/mol. The summed E-state index contributed by atoms with van der Waals surface area (Å²) in [6.45, 7) is 1.49. The minimum atomic E-state index is -4.10. The third-order valence-corrected chi connectivity index (χ3v) is 2.77. The summed E-state index contributed by atoms with van der Waals surface area (Å²) < 4.78 is 36.7. The van der Waals surface area contributed by atoms with Crippen LogP contribution in [0.2, 0.25) is 0 Å². The highest BCUT2D eigenvalue weighted by atomic mass is 32.3. The van der Waals surface area contributed by atoms with Crippen LogP contribution in [-0.4, -0.2) is 32.3 Å². The first-order chi connectivity index (χ1) is 7.93. The third-order valence-electron chi connectivity index (χ3n) is 2.03. The van der Waals surface area contributed by atoms with E-state index in [4.69, 9.17) is 4.74 Å². The van der Waals surface area contributed by atoms with Crippen molar-refractivity contribution < 1.29 is 32.1 Å². The van der Waals surface area contributed by atoms with Gasteiger partial charge in [0, 0.05) is 0 Å². The second-order valence-electron chi connectivity index (χ2n) is 3.37. The van der Waals surface area contributed by atoms with Gasteiger partial charge in [-0.1, -0.05) is 0 Å². The van der Waals surface area contributed by atoms with Crippen molar-refractivity contribution in [2.75, 3.05) is 12.4 Å². The van der Waals surface area contributed by atoms with Crippen LogP contribution >= 0.6 is 0 Å². The number of anilines is 1. The van der Waals surface area contributed by atoms with Gasteiger partial charge >= 0.3 is 10.4 Å². The number of fused-ring (bicyclic) bond motifs is 1. The van der Waals surface area contributed by atoms with Crippen molar-refractivity contribution >= 4 is 16.1 Å². The zero-order chi connectivity index (χ0) is 12.6. The van der Waals surface area contributed by atoms with Crippen LogP contribution in [0.1, 0.15) is 6.92 Å². The number of hydrogen-bond acceptors (Lipinski definition) is 7. The van der Waals surface area contributed by atoms with E-state index in [0.29, 0.717) is 5.69 Å². The highest BCUT2D eigenvalue weighted by Crippen LogP contribution is 2.48. The van der Waals surface area contributed by atoms with Crippen molar-refractivity contribution in [3.8, 4) is 17.2 Å². The summed E-state index contributed by atoms with van der Waals surface area (Å²) in [6.07, 6.45) is -0.862. The Morgan fingerprint density at radius 2 is 1.94 bits per heavy atom. The lowest BCUT2D eigenvalue weighted by Crippen LogP contribution is -2.14. The van der Waals surface area contributed by atoms with Crippen LogP contribution in [0.25, 0.3) is 0 Å². The maximum absolute atomic E-state index is 11.2. The molecule has 1 unspecified atom stereocenters. The summed E-state index contributed by atoms with van der Waals surface area (Å²) in [5, 5.41) is 11.8. The molecule has 1 heterocycles. The van der Waals surface area contributed by atoms with Crippen molar-refractivity contribution in [2.45, 2.75) is 13.2 Å². The van der Waals surface area contributed by atoms with Crippen LogP contribution in [0.4, 0.5) is 5.69 Å². The highest BCUT2D eigenvalue weighted by molar-refractivity contribution is 7.82. The minimum absolute atomic E-state index is 0. The molecular weight excluding hydrogens is 266 g/mol. The molecule has 0 saturated heterocycles. The molecule has 1 aliphatic heterocycles. The molecule has 0 radical (unpaired) electrons. The van der Waals surface area contributed by atoms with Crippen molar-refractivity contribution in [1.82, 2.24) is 0 Å². The molecule has 0 bridgehead atoms. The summed E-state index contributed by atoms with van der Waals surface area (Å²) in [4.78, 5) is 0. The van der Waals surface area contributed by atoms with Gasteiger partial charge < -0.3 is 29.0 Å². The predicted molar refractivity (Wildman–Crippen MR) is 62.1 cm³/mol. The first-order valence-electron chi connectivity index (χ1n) is 4.72. The van der Waals surface area contributed by atoms with Gasteiger partial charge in [0.05, 0.1) is 12.8 Å². The molecule has 4 N–H and O–H groups in total. The Kier molecular flexibility index (Phi) is 3.89. The topological polar surface area (TPSA) is 126 Å². The number of benzene rings is 1. The number of ether oxygens (including phenoxy) is 1. The Labute approximate surface area is 104 Å². The lowest BCUT2D eigenvalue weighted by Gasteiger charge is -2.11. The van der Waals surface area contributed by atoms with Gasteiger partial charge in [-0.15, -0.1) is 8.42 Å². The fraction of sp³-hybridized carbons (Fsp3) is 0.333. The molecule has 8 nitrogen and oxygen atoms in total. The van der Waals surface area contributed by atoms with Crippen molar-refractivity contribution in [1.29, 1.82) is 0 Å². The van der Waals surface area contributed by atoms with Gasteiger partial charge in [-0.05, 0) is 19.1 Å². The van der Waals surface area contributed by atoms with Gasteiger partial charge in [0.2, 0.25) is 11.5 Å². The first-order valence-corrected chi connectivity index (χ1v) is 6.06. The van der Waals surface area contributed by atoms with E-state index in [1.807, 2.05) is 0 Å². The molecule has 2 rings (SSSR count). The molecule has 0 aliphatic carbocycles. The molecule has 9 heteroatoms. The average Bonchev–Trinajstić information content (AvgIpc) is 2.53. The van der Waals surface area contributed by atoms with E-state index < -0.39 is 16.6 Å². The fourth-order valence-corrected chi connectivity index (χ4v) is 2.19. The number of rotatable bonds is 3. The van der Waals surface area contributed by atoms with Gasteiger partial charge in [0.25, 0.3) is 0 Å². The molecule has 0 amide bonds. The zero-order valence-electron chi connectivity index (χ0n) is 9.63. The van der Waals surface area contributed by atoms with E-state index >= 15 is 0 Å². The van der Waals surface area contributed by atoms with Gasteiger partial charge in [-0.25, -0.2) is 0 Å². The van der Waals surface area contributed by atoms with Crippen LogP contribution in [-0.2, 0) is 10.4 Å². The Balaban J connectivity index is 0.00000162. The molecule has 1 atom stereocenters. The maximum Gasteiger partial charge on any atom is 0.501 e. The molecule has 0 aromatic heterocycles. The normalized spacial score (nSPS) is 16.6. The van der Waals surface area contributed by atoms with Gasteiger partial charge in [-0.3, -0.25) is 0 Å². The number of hydrogen-bond donors (Lipinski definition) is 2. The van der Waals surface area contributed by atoms with E-state index in [1.165, 1.54) is 26.2 Å². The van der Waals surface area contributed by atoms with Gasteiger partial charge in [-0.2, -0.15) is 0 Å². The second-order valence-corrected chi connectivity index (χ2v) is 4.52. The van der Waals surface area contributed by atoms with E-state index in [9.17, 15) is 13.5 Å². The average molecular weight is 279 g/mol. The smallest absolute Gasteiger partial charge is 0.493 e. The SMILES string of the molecule is COc1ccc(NC(C)O)c2c1OS(=O)(=O)O2.O. The number of methoxy groups -OCH3 is 1. The van der Waals surface area contributed by atoms with E-state index in [-0.39, 0.29) is 22.7 Å². The summed E-state index contributed by atoms with van der Waals surface area (Å²) in [5.74, 6) is 0.181. The van der Waals surface area contributed by atoms with Crippen LogP contribution in [0.5, 0.6) is 17.2 Å². The van der Waals surface area contributed by atoms with Crippen molar-refractivity contribution in [3.05, 3.63) is 12.1 Å². The van der Waals surface area contributed by atoms with Gasteiger partial charge in [0.15, 0.2) is 5.75 Å². The Bertz CT molecular complexity index is 540. The zero-order valence-corrected chi connectivity index (χ0v) is 10.4. The van der Waals surface area contributed by atoms with E-state index in [0.717, 1.165) is 0 Å². The fourth-order valence-electron chi connectivity index (χ4n) is 1.43. The largest absolute Gasteiger partial charge is 0.501 e. The summed E-state index contributed by atoms with van der Waals surface area (Å²) in [7, 11) is -2.72. The summed E-state index contributed by atoms with van der Waals surface area (Å²) in [6, 6.07) is 3.03. The molecule has 0 spiro atoms. The standard InChI is InChI=1S/C9H11NO6S.H2O/c1-5(11)10-6-3-4-7(14-2)9-8(6)15-17(12,13)16-9;/h3-5,10-11H,1-2H3;1H2. The van der Waals surface area contributed by atoms with Crippen molar-refractivity contribution in [2.24, 2.45) is 0 Å². The number of aliphatic hydroxyl groups is 1. The lowest BCUT2D eigenvalue weighted by atomic mass is 10.2. The van der Waals surface area contributed by atoms with Crippen LogP contribution < -0.4 is 18.4 Å². The van der Waals surface area contributed by atoms with Gasteiger partial charge in [0.1, 0.15) is 6.23 Å². The van der Waals surface area contributed by atoms with Crippen LogP contribution in [0, 0.1) is 0 Å². The maximum atomic E-state index is 11.2. The second kappa shape index (κ2) is 4.88. The molecule has 1 aromatic rings. The molecule has 102 valence electrons. The minimum Gasteiger partial charge on any atom is -0.493 e. The molecule has 0 fully saturated rings. The lowest BCUT2D eigenvalue weighted by molar-refractivity contribution is 0.224. The predicted octanol–water partition coefficient (Wildman–Crippen LogP) is -0.363.